The lowest BCUT2D eigenvalue weighted by Crippen LogP contribution is -2.48. The summed E-state index contributed by atoms with van der Waals surface area (Å²) in [5.74, 6) is 0.819. The number of aryl methyl sites for hydroxylation is 1. The molecule has 3 rings (SSSR count). The van der Waals surface area contributed by atoms with E-state index in [-0.39, 0.29) is 5.91 Å². The van der Waals surface area contributed by atoms with Crippen molar-refractivity contribution < 1.29 is 9.21 Å². The molecule has 4 nitrogen and oxygen atoms in total. The van der Waals surface area contributed by atoms with Gasteiger partial charge in [0, 0.05) is 30.9 Å². The molecular formula is C14H16N2O2. The van der Waals surface area contributed by atoms with E-state index in [2.05, 4.69) is 10.6 Å². The van der Waals surface area contributed by atoms with Crippen LogP contribution in [0.1, 0.15) is 16.1 Å². The van der Waals surface area contributed by atoms with E-state index in [9.17, 15) is 4.79 Å². The fraction of sp³-hybridized carbons (Fsp3) is 0.357. The van der Waals surface area contributed by atoms with Crippen LogP contribution in [0.25, 0.3) is 11.0 Å². The summed E-state index contributed by atoms with van der Waals surface area (Å²) in [5.41, 5.74) is 1.92. The van der Waals surface area contributed by atoms with Gasteiger partial charge in [-0.3, -0.25) is 4.79 Å². The Balaban J connectivity index is 1.74. The fourth-order valence-corrected chi connectivity index (χ4v) is 2.09. The second-order valence-electron chi connectivity index (χ2n) is 4.89. The zero-order valence-electron chi connectivity index (χ0n) is 10.3. The maximum Gasteiger partial charge on any atom is 0.287 e. The first-order valence-electron chi connectivity index (χ1n) is 6.21. The first-order valence-corrected chi connectivity index (χ1v) is 6.21. The molecule has 1 saturated heterocycles. The minimum absolute atomic E-state index is 0.129. The van der Waals surface area contributed by atoms with Crippen molar-refractivity contribution >= 4 is 16.9 Å². The molecule has 2 heterocycles. The average molecular weight is 244 g/mol. The standard InChI is InChI=1S/C14H16N2O2/c1-9-2-3-12-11(4-9)5-13(18-12)14(17)16-8-10-6-15-7-10/h2-5,10,15H,6-8H2,1H3,(H,16,17). The number of rotatable bonds is 3. The first kappa shape index (κ1) is 11.3. The van der Waals surface area contributed by atoms with Crippen molar-refractivity contribution in [2.24, 2.45) is 5.92 Å². The highest BCUT2D eigenvalue weighted by Gasteiger charge is 2.19. The molecule has 0 saturated carbocycles. The van der Waals surface area contributed by atoms with Gasteiger partial charge in [-0.05, 0) is 25.1 Å². The zero-order valence-corrected chi connectivity index (χ0v) is 10.3. The number of amides is 1. The maximum atomic E-state index is 11.9. The number of hydrogen-bond donors (Lipinski definition) is 2. The van der Waals surface area contributed by atoms with Crippen molar-refractivity contribution in [1.29, 1.82) is 0 Å². The van der Waals surface area contributed by atoms with Gasteiger partial charge in [-0.25, -0.2) is 0 Å². The van der Waals surface area contributed by atoms with E-state index in [1.807, 2.05) is 25.1 Å². The number of carbonyl (C=O) groups is 1. The second-order valence-corrected chi connectivity index (χ2v) is 4.89. The van der Waals surface area contributed by atoms with Gasteiger partial charge in [0.05, 0.1) is 0 Å². The second kappa shape index (κ2) is 4.46. The van der Waals surface area contributed by atoms with Crippen LogP contribution < -0.4 is 10.6 Å². The normalized spacial score (nSPS) is 15.6. The lowest BCUT2D eigenvalue weighted by atomic mass is 10.0. The average Bonchev–Trinajstić information content (AvgIpc) is 2.69. The monoisotopic (exact) mass is 244 g/mol. The highest BCUT2D eigenvalue weighted by molar-refractivity contribution is 5.96. The molecule has 0 radical (unpaired) electrons. The molecule has 2 N–H and O–H groups in total. The largest absolute Gasteiger partial charge is 0.451 e. The summed E-state index contributed by atoms with van der Waals surface area (Å²) in [4.78, 5) is 11.9. The third kappa shape index (κ3) is 2.11. The van der Waals surface area contributed by atoms with Gasteiger partial charge in [-0.15, -0.1) is 0 Å². The number of carbonyl (C=O) groups excluding carboxylic acids is 1. The smallest absolute Gasteiger partial charge is 0.287 e. The van der Waals surface area contributed by atoms with E-state index in [0.717, 1.165) is 29.6 Å². The molecule has 1 aromatic heterocycles. The predicted octanol–water partition coefficient (Wildman–Crippen LogP) is 1.69. The summed E-state index contributed by atoms with van der Waals surface area (Å²) >= 11 is 0. The van der Waals surface area contributed by atoms with Crippen molar-refractivity contribution in [3.63, 3.8) is 0 Å². The maximum absolute atomic E-state index is 11.9. The quantitative estimate of drug-likeness (QED) is 0.864. The summed E-state index contributed by atoms with van der Waals surface area (Å²) in [7, 11) is 0. The van der Waals surface area contributed by atoms with Crippen LogP contribution in [-0.2, 0) is 0 Å². The third-order valence-corrected chi connectivity index (χ3v) is 3.31. The van der Waals surface area contributed by atoms with Crippen molar-refractivity contribution in [2.45, 2.75) is 6.92 Å². The lowest BCUT2D eigenvalue weighted by Gasteiger charge is -2.26. The molecule has 1 amide bonds. The molecule has 1 aromatic carbocycles. The molecule has 0 atom stereocenters. The first-order chi connectivity index (χ1) is 8.72. The molecule has 1 fully saturated rings. The molecule has 0 aliphatic carbocycles. The molecular weight excluding hydrogens is 228 g/mol. The van der Waals surface area contributed by atoms with Gasteiger partial charge in [-0.1, -0.05) is 11.6 Å². The van der Waals surface area contributed by atoms with E-state index in [1.165, 1.54) is 0 Å². The minimum atomic E-state index is -0.129. The van der Waals surface area contributed by atoms with E-state index < -0.39 is 0 Å². The van der Waals surface area contributed by atoms with Crippen LogP contribution in [0.3, 0.4) is 0 Å². The SMILES string of the molecule is Cc1ccc2oc(C(=O)NCC3CNC3)cc2c1. The summed E-state index contributed by atoms with van der Waals surface area (Å²) in [5, 5.41) is 7.06. The summed E-state index contributed by atoms with van der Waals surface area (Å²) < 4.78 is 5.54. The van der Waals surface area contributed by atoms with Crippen LogP contribution in [0.2, 0.25) is 0 Å². The Morgan fingerprint density at radius 3 is 3.00 bits per heavy atom. The van der Waals surface area contributed by atoms with Crippen LogP contribution in [0, 0.1) is 12.8 Å². The van der Waals surface area contributed by atoms with Crippen LogP contribution in [0.5, 0.6) is 0 Å². The summed E-state index contributed by atoms with van der Waals surface area (Å²) in [6.07, 6.45) is 0. The van der Waals surface area contributed by atoms with Gasteiger partial charge in [0.1, 0.15) is 5.58 Å². The zero-order chi connectivity index (χ0) is 12.5. The van der Waals surface area contributed by atoms with Gasteiger partial charge in [-0.2, -0.15) is 0 Å². The highest BCUT2D eigenvalue weighted by Crippen LogP contribution is 2.20. The van der Waals surface area contributed by atoms with Gasteiger partial charge < -0.3 is 15.1 Å². The molecule has 1 aliphatic rings. The van der Waals surface area contributed by atoms with Crippen molar-refractivity contribution in [2.75, 3.05) is 19.6 Å². The van der Waals surface area contributed by atoms with E-state index in [4.69, 9.17) is 4.42 Å². The predicted molar refractivity (Wildman–Crippen MR) is 69.6 cm³/mol. The molecule has 0 unspecified atom stereocenters. The number of furan rings is 1. The Morgan fingerprint density at radius 1 is 1.44 bits per heavy atom. The highest BCUT2D eigenvalue weighted by atomic mass is 16.3. The van der Waals surface area contributed by atoms with Gasteiger partial charge in [0.25, 0.3) is 5.91 Å². The van der Waals surface area contributed by atoms with Crippen molar-refractivity contribution in [1.82, 2.24) is 10.6 Å². The molecule has 94 valence electrons. The van der Waals surface area contributed by atoms with Gasteiger partial charge in [0.2, 0.25) is 0 Å². The summed E-state index contributed by atoms with van der Waals surface area (Å²) in [6, 6.07) is 7.70. The van der Waals surface area contributed by atoms with Gasteiger partial charge in [0.15, 0.2) is 5.76 Å². The topological polar surface area (TPSA) is 54.3 Å². The van der Waals surface area contributed by atoms with Gasteiger partial charge >= 0.3 is 0 Å². The molecule has 0 spiro atoms. The summed E-state index contributed by atoms with van der Waals surface area (Å²) in [6.45, 7) is 4.71. The Morgan fingerprint density at radius 2 is 2.28 bits per heavy atom. The van der Waals surface area contributed by atoms with Crippen LogP contribution in [0.15, 0.2) is 28.7 Å². The Hall–Kier alpha value is -1.81. The number of nitrogens with one attached hydrogen (secondary N) is 2. The Kier molecular flexibility index (Phi) is 2.80. The number of fused-ring (bicyclic) bond motifs is 1. The van der Waals surface area contributed by atoms with Crippen molar-refractivity contribution in [3.8, 4) is 0 Å². The van der Waals surface area contributed by atoms with E-state index in [1.54, 1.807) is 6.07 Å². The number of hydrogen-bond acceptors (Lipinski definition) is 3. The minimum Gasteiger partial charge on any atom is -0.451 e. The van der Waals surface area contributed by atoms with Crippen LogP contribution in [0.4, 0.5) is 0 Å². The molecule has 18 heavy (non-hydrogen) atoms. The molecule has 1 aliphatic heterocycles. The van der Waals surface area contributed by atoms with Crippen molar-refractivity contribution in [3.05, 3.63) is 35.6 Å². The molecule has 2 aromatic rings. The van der Waals surface area contributed by atoms with E-state index in [0.29, 0.717) is 18.2 Å². The Bertz CT molecular complexity index is 584. The lowest BCUT2D eigenvalue weighted by molar-refractivity contribution is 0.0916. The Labute approximate surface area is 105 Å². The van der Waals surface area contributed by atoms with E-state index >= 15 is 0 Å². The fourth-order valence-electron chi connectivity index (χ4n) is 2.09. The number of benzene rings is 1. The molecule has 4 heteroatoms. The van der Waals surface area contributed by atoms with Crippen LogP contribution >= 0.6 is 0 Å². The van der Waals surface area contributed by atoms with Crippen LogP contribution in [-0.4, -0.2) is 25.5 Å². The molecule has 0 bridgehead atoms. The third-order valence-electron chi connectivity index (χ3n) is 3.31.